The number of halogens is 1. The predicted molar refractivity (Wildman–Crippen MR) is 94.8 cm³/mol. The summed E-state index contributed by atoms with van der Waals surface area (Å²) in [6.45, 7) is 4.51. The zero-order valence-corrected chi connectivity index (χ0v) is 14.5. The first kappa shape index (κ1) is 19.5. The lowest BCUT2D eigenvalue weighted by Crippen LogP contribution is -2.29. The molecule has 128 valence electrons. The van der Waals surface area contributed by atoms with Gasteiger partial charge in [0.05, 0.1) is 6.04 Å². The van der Waals surface area contributed by atoms with Crippen LogP contribution >= 0.6 is 12.4 Å². The molecule has 6 heteroatoms. The van der Waals surface area contributed by atoms with E-state index in [4.69, 9.17) is 0 Å². The average Bonchev–Trinajstić information content (AvgIpc) is 2.98. The molecule has 0 aromatic heterocycles. The first-order valence-electron chi connectivity index (χ1n) is 7.95. The molecular formula is C17H26ClN3O2. The summed E-state index contributed by atoms with van der Waals surface area (Å²) in [6.07, 6.45) is 3.82. The highest BCUT2D eigenvalue weighted by Crippen LogP contribution is 2.18. The van der Waals surface area contributed by atoms with Crippen LogP contribution in [-0.2, 0) is 9.59 Å². The molecule has 2 atom stereocenters. The molecule has 1 aromatic rings. The van der Waals surface area contributed by atoms with E-state index in [2.05, 4.69) is 16.0 Å². The molecule has 2 rings (SSSR count). The minimum atomic E-state index is -0.0992. The van der Waals surface area contributed by atoms with Crippen LogP contribution in [0.4, 0.5) is 5.69 Å². The fourth-order valence-corrected chi connectivity index (χ4v) is 2.79. The third-order valence-corrected chi connectivity index (χ3v) is 3.97. The molecular weight excluding hydrogens is 314 g/mol. The number of anilines is 1. The van der Waals surface area contributed by atoms with Crippen LogP contribution in [0.3, 0.4) is 0 Å². The minimum absolute atomic E-state index is 0. The van der Waals surface area contributed by atoms with Crippen LogP contribution < -0.4 is 16.0 Å². The van der Waals surface area contributed by atoms with Crippen LogP contribution in [0.1, 0.15) is 51.1 Å². The van der Waals surface area contributed by atoms with Crippen molar-refractivity contribution in [2.45, 2.75) is 51.6 Å². The Hall–Kier alpha value is -1.59. The monoisotopic (exact) mass is 339 g/mol. The van der Waals surface area contributed by atoms with Gasteiger partial charge in [-0.1, -0.05) is 12.1 Å². The summed E-state index contributed by atoms with van der Waals surface area (Å²) in [5.74, 6) is -0.0240. The Kier molecular flexibility index (Phi) is 8.06. The fourth-order valence-electron chi connectivity index (χ4n) is 2.79. The third kappa shape index (κ3) is 6.59. The predicted octanol–water partition coefficient (Wildman–Crippen LogP) is 2.78. The maximum Gasteiger partial charge on any atom is 0.221 e. The average molecular weight is 340 g/mol. The number of hydrogen-bond acceptors (Lipinski definition) is 3. The maximum atomic E-state index is 12.0. The fraction of sp³-hybridized carbons (Fsp3) is 0.529. The second kappa shape index (κ2) is 9.53. The number of carbonyl (C=O) groups excluding carboxylic acids is 2. The molecule has 1 saturated heterocycles. The van der Waals surface area contributed by atoms with E-state index >= 15 is 0 Å². The summed E-state index contributed by atoms with van der Waals surface area (Å²) in [5.41, 5.74) is 1.74. The molecule has 3 N–H and O–H groups in total. The highest BCUT2D eigenvalue weighted by Gasteiger charge is 2.16. The number of carbonyl (C=O) groups is 2. The van der Waals surface area contributed by atoms with Crippen molar-refractivity contribution >= 4 is 29.9 Å². The van der Waals surface area contributed by atoms with Crippen molar-refractivity contribution in [1.29, 1.82) is 0 Å². The zero-order valence-electron chi connectivity index (χ0n) is 13.7. The lowest BCUT2D eigenvalue weighted by molar-refractivity contribution is -0.122. The summed E-state index contributed by atoms with van der Waals surface area (Å²) < 4.78 is 0. The van der Waals surface area contributed by atoms with Crippen LogP contribution in [0.5, 0.6) is 0 Å². The molecule has 2 amide bonds. The van der Waals surface area contributed by atoms with Gasteiger partial charge in [-0.15, -0.1) is 12.4 Å². The molecule has 0 aliphatic carbocycles. The maximum absolute atomic E-state index is 12.0. The van der Waals surface area contributed by atoms with E-state index in [1.807, 2.05) is 31.2 Å². The van der Waals surface area contributed by atoms with Gasteiger partial charge >= 0.3 is 0 Å². The molecule has 1 fully saturated rings. The van der Waals surface area contributed by atoms with E-state index in [0.29, 0.717) is 12.5 Å². The quantitative estimate of drug-likeness (QED) is 0.746. The highest BCUT2D eigenvalue weighted by atomic mass is 35.5. The van der Waals surface area contributed by atoms with Crippen molar-refractivity contribution in [1.82, 2.24) is 10.6 Å². The number of benzene rings is 1. The first-order valence-corrected chi connectivity index (χ1v) is 7.95. The van der Waals surface area contributed by atoms with Crippen LogP contribution in [-0.4, -0.2) is 24.4 Å². The van der Waals surface area contributed by atoms with Crippen molar-refractivity contribution in [3.05, 3.63) is 29.8 Å². The Labute approximate surface area is 144 Å². The Bertz CT molecular complexity index is 530. The van der Waals surface area contributed by atoms with Gasteiger partial charge in [-0.2, -0.15) is 0 Å². The molecule has 0 saturated carbocycles. The Morgan fingerprint density at radius 2 is 2.17 bits per heavy atom. The zero-order chi connectivity index (χ0) is 15.9. The molecule has 1 aliphatic rings. The van der Waals surface area contributed by atoms with Crippen LogP contribution in [0, 0.1) is 0 Å². The Morgan fingerprint density at radius 1 is 1.39 bits per heavy atom. The lowest BCUT2D eigenvalue weighted by atomic mass is 10.1. The van der Waals surface area contributed by atoms with E-state index in [1.54, 1.807) is 0 Å². The topological polar surface area (TPSA) is 70.2 Å². The van der Waals surface area contributed by atoms with Gasteiger partial charge in [0.25, 0.3) is 0 Å². The van der Waals surface area contributed by atoms with Gasteiger partial charge in [-0.25, -0.2) is 0 Å². The number of amides is 2. The van der Waals surface area contributed by atoms with E-state index in [9.17, 15) is 9.59 Å². The van der Waals surface area contributed by atoms with E-state index in [0.717, 1.165) is 24.2 Å². The van der Waals surface area contributed by atoms with Gasteiger partial charge in [0.1, 0.15) is 0 Å². The summed E-state index contributed by atoms with van der Waals surface area (Å²) >= 11 is 0. The normalized spacial score (nSPS) is 17.9. The van der Waals surface area contributed by atoms with Crippen molar-refractivity contribution in [2.75, 3.05) is 11.9 Å². The summed E-state index contributed by atoms with van der Waals surface area (Å²) in [5, 5.41) is 9.18. The molecule has 1 heterocycles. The van der Waals surface area contributed by atoms with Crippen molar-refractivity contribution in [2.24, 2.45) is 0 Å². The molecule has 0 radical (unpaired) electrons. The second-order valence-electron chi connectivity index (χ2n) is 5.93. The van der Waals surface area contributed by atoms with Gasteiger partial charge in [0, 0.05) is 25.1 Å². The second-order valence-corrected chi connectivity index (χ2v) is 5.93. The molecule has 23 heavy (non-hydrogen) atoms. The number of nitrogens with one attached hydrogen (secondary N) is 3. The molecule has 1 aliphatic heterocycles. The van der Waals surface area contributed by atoms with Crippen molar-refractivity contribution < 1.29 is 9.59 Å². The summed E-state index contributed by atoms with van der Waals surface area (Å²) in [4.78, 5) is 23.1. The molecule has 5 nitrogen and oxygen atoms in total. The van der Waals surface area contributed by atoms with Crippen molar-refractivity contribution in [3.8, 4) is 0 Å². The van der Waals surface area contributed by atoms with Crippen molar-refractivity contribution in [3.63, 3.8) is 0 Å². The summed E-state index contributed by atoms with van der Waals surface area (Å²) in [7, 11) is 0. The lowest BCUT2D eigenvalue weighted by Gasteiger charge is -2.16. The van der Waals surface area contributed by atoms with E-state index in [1.165, 1.54) is 19.8 Å². The summed E-state index contributed by atoms with van der Waals surface area (Å²) in [6, 6.07) is 7.98. The van der Waals surface area contributed by atoms with Crippen LogP contribution in [0.2, 0.25) is 0 Å². The van der Waals surface area contributed by atoms with Gasteiger partial charge in [-0.05, 0) is 50.4 Å². The number of rotatable bonds is 6. The molecule has 0 bridgehead atoms. The smallest absolute Gasteiger partial charge is 0.221 e. The van der Waals surface area contributed by atoms with Gasteiger partial charge in [0.15, 0.2) is 0 Å². The number of hydrogen-bond donors (Lipinski definition) is 3. The third-order valence-electron chi connectivity index (χ3n) is 3.97. The standard InChI is InChI=1S/C17H25N3O2.ClH/c1-12(14-5-3-6-16(11-14)20-13(2)21)19-17(22)9-8-15-7-4-10-18-15;/h3,5-6,11-12,15,18H,4,7-10H2,1-2H3,(H,19,22)(H,20,21);1H. The van der Waals surface area contributed by atoms with E-state index in [-0.39, 0.29) is 30.3 Å². The van der Waals surface area contributed by atoms with Crippen LogP contribution in [0.25, 0.3) is 0 Å². The van der Waals surface area contributed by atoms with Gasteiger partial charge in [-0.3, -0.25) is 9.59 Å². The molecule has 2 unspecified atom stereocenters. The Balaban J connectivity index is 0.00000264. The van der Waals surface area contributed by atoms with Gasteiger partial charge in [0.2, 0.25) is 11.8 Å². The minimum Gasteiger partial charge on any atom is -0.350 e. The first-order chi connectivity index (χ1) is 10.5. The van der Waals surface area contributed by atoms with Gasteiger partial charge < -0.3 is 16.0 Å². The van der Waals surface area contributed by atoms with Crippen LogP contribution in [0.15, 0.2) is 24.3 Å². The largest absolute Gasteiger partial charge is 0.350 e. The Morgan fingerprint density at radius 3 is 2.83 bits per heavy atom. The SMILES string of the molecule is CC(=O)Nc1cccc(C(C)NC(=O)CCC2CCCN2)c1.Cl. The van der Waals surface area contributed by atoms with E-state index < -0.39 is 0 Å². The molecule has 0 spiro atoms. The highest BCUT2D eigenvalue weighted by molar-refractivity contribution is 5.88. The molecule has 1 aromatic carbocycles.